The lowest BCUT2D eigenvalue weighted by Crippen LogP contribution is -2.01. The number of benzene rings is 8. The molecule has 5 nitrogen and oxygen atoms in total. The van der Waals surface area contributed by atoms with E-state index in [0.717, 1.165) is 60.6 Å². The van der Waals surface area contributed by atoms with E-state index in [1.54, 1.807) is 0 Å². The summed E-state index contributed by atoms with van der Waals surface area (Å²) in [7, 11) is 0. The maximum Gasteiger partial charge on any atom is 0.164 e. The first-order valence-corrected chi connectivity index (χ1v) is 17.5. The van der Waals surface area contributed by atoms with Gasteiger partial charge in [0.05, 0.1) is 16.7 Å². The van der Waals surface area contributed by atoms with Gasteiger partial charge in [0, 0.05) is 49.0 Å². The molecule has 0 atom stereocenters. The molecule has 0 aliphatic carbocycles. The van der Waals surface area contributed by atoms with E-state index >= 15 is 0 Å². The second kappa shape index (κ2) is 11.2. The first-order chi connectivity index (χ1) is 25.8. The topological polar surface area (TPSA) is 56.7 Å². The molecule has 8 aromatic carbocycles. The Morgan fingerprint density at radius 2 is 1.04 bits per heavy atom. The van der Waals surface area contributed by atoms with Crippen LogP contribution in [-0.4, -0.2) is 19.5 Å². The number of furan rings is 1. The molecular formula is C47H28N4O. The molecular weight excluding hydrogens is 637 g/mol. The highest BCUT2D eigenvalue weighted by Crippen LogP contribution is 2.44. The van der Waals surface area contributed by atoms with Crippen LogP contribution >= 0.6 is 0 Å². The molecule has 0 saturated heterocycles. The van der Waals surface area contributed by atoms with Gasteiger partial charge < -0.3 is 8.98 Å². The number of hydrogen-bond acceptors (Lipinski definition) is 4. The lowest BCUT2D eigenvalue weighted by molar-refractivity contribution is 0.672. The van der Waals surface area contributed by atoms with Gasteiger partial charge in [-0.15, -0.1) is 0 Å². The Balaban J connectivity index is 1.31. The van der Waals surface area contributed by atoms with Crippen molar-refractivity contribution in [2.45, 2.75) is 0 Å². The van der Waals surface area contributed by atoms with E-state index in [-0.39, 0.29) is 0 Å². The summed E-state index contributed by atoms with van der Waals surface area (Å²) in [5.41, 5.74) is 7.78. The predicted molar refractivity (Wildman–Crippen MR) is 213 cm³/mol. The fourth-order valence-corrected chi connectivity index (χ4v) is 7.90. The average molecular weight is 665 g/mol. The largest absolute Gasteiger partial charge is 0.455 e. The molecule has 0 fully saturated rings. The summed E-state index contributed by atoms with van der Waals surface area (Å²) in [5.74, 6) is 1.86. The quantitative estimate of drug-likeness (QED) is 0.188. The highest BCUT2D eigenvalue weighted by molar-refractivity contribution is 6.24. The van der Waals surface area contributed by atoms with Crippen LogP contribution in [0.25, 0.3) is 105 Å². The van der Waals surface area contributed by atoms with E-state index in [4.69, 9.17) is 19.4 Å². The van der Waals surface area contributed by atoms with Gasteiger partial charge in [-0.25, -0.2) is 15.0 Å². The zero-order valence-electron chi connectivity index (χ0n) is 27.9. The molecule has 3 aromatic heterocycles. The van der Waals surface area contributed by atoms with Gasteiger partial charge in [0.1, 0.15) is 11.2 Å². The van der Waals surface area contributed by atoms with Gasteiger partial charge in [0.25, 0.3) is 0 Å². The Labute approximate surface area is 298 Å². The number of rotatable bonds is 4. The van der Waals surface area contributed by atoms with Crippen molar-refractivity contribution in [2.24, 2.45) is 0 Å². The summed E-state index contributed by atoms with van der Waals surface area (Å²) < 4.78 is 9.25. The lowest BCUT2D eigenvalue weighted by atomic mass is 9.98. The zero-order valence-corrected chi connectivity index (χ0v) is 27.9. The van der Waals surface area contributed by atoms with Gasteiger partial charge in [-0.05, 0) is 35.0 Å². The first-order valence-electron chi connectivity index (χ1n) is 17.5. The Bertz CT molecular complexity index is 3120. The molecule has 0 spiro atoms. The van der Waals surface area contributed by atoms with Gasteiger partial charge >= 0.3 is 0 Å². The SMILES string of the molecule is c1ccc(-c2nc(-c3ccccc3)nc(-c3cc4c5ccccc5oc4c4c(-n5c6ccccc6c6ccc7ccccc7c65)cccc34)n2)cc1. The number of para-hydroxylation sites is 2. The van der Waals surface area contributed by atoms with Gasteiger partial charge in [-0.2, -0.15) is 0 Å². The van der Waals surface area contributed by atoms with Crippen molar-refractivity contribution in [2.75, 3.05) is 0 Å². The van der Waals surface area contributed by atoms with Gasteiger partial charge in [0.15, 0.2) is 17.5 Å². The first kappa shape index (κ1) is 28.7. The highest BCUT2D eigenvalue weighted by atomic mass is 16.3. The fourth-order valence-electron chi connectivity index (χ4n) is 7.90. The van der Waals surface area contributed by atoms with Crippen molar-refractivity contribution in [1.82, 2.24) is 19.5 Å². The van der Waals surface area contributed by atoms with Crippen LogP contribution in [0.4, 0.5) is 0 Å². The third-order valence-electron chi connectivity index (χ3n) is 10.2. The smallest absolute Gasteiger partial charge is 0.164 e. The second-order valence-corrected chi connectivity index (χ2v) is 13.2. The molecule has 0 unspecified atom stereocenters. The number of fused-ring (bicyclic) bond motifs is 10. The molecule has 52 heavy (non-hydrogen) atoms. The number of aromatic nitrogens is 4. The maximum absolute atomic E-state index is 6.83. The predicted octanol–water partition coefficient (Wildman–Crippen LogP) is 12.2. The third kappa shape index (κ3) is 4.26. The highest BCUT2D eigenvalue weighted by Gasteiger charge is 2.23. The van der Waals surface area contributed by atoms with E-state index in [9.17, 15) is 0 Å². The Morgan fingerprint density at radius 1 is 0.423 bits per heavy atom. The summed E-state index contributed by atoms with van der Waals surface area (Å²) in [6, 6.07) is 59.0. The third-order valence-corrected chi connectivity index (χ3v) is 10.2. The minimum atomic E-state index is 0.606. The normalized spacial score (nSPS) is 11.8. The Hall–Kier alpha value is -7.11. The van der Waals surface area contributed by atoms with E-state index < -0.39 is 0 Å². The minimum absolute atomic E-state index is 0.606. The van der Waals surface area contributed by atoms with Crippen LogP contribution in [-0.2, 0) is 0 Å². The van der Waals surface area contributed by atoms with Crippen LogP contribution in [0.15, 0.2) is 174 Å². The lowest BCUT2D eigenvalue weighted by Gasteiger charge is -2.16. The van der Waals surface area contributed by atoms with Crippen molar-refractivity contribution in [1.29, 1.82) is 0 Å². The molecule has 0 N–H and O–H groups in total. The molecule has 242 valence electrons. The maximum atomic E-state index is 6.83. The van der Waals surface area contributed by atoms with Crippen molar-refractivity contribution in [3.63, 3.8) is 0 Å². The van der Waals surface area contributed by atoms with E-state index in [1.165, 1.54) is 27.1 Å². The second-order valence-electron chi connectivity index (χ2n) is 13.2. The minimum Gasteiger partial charge on any atom is -0.455 e. The van der Waals surface area contributed by atoms with E-state index in [1.807, 2.05) is 72.8 Å². The molecule has 0 radical (unpaired) electrons. The van der Waals surface area contributed by atoms with Gasteiger partial charge in [-0.3, -0.25) is 0 Å². The van der Waals surface area contributed by atoms with Crippen molar-refractivity contribution in [3.8, 4) is 39.9 Å². The molecule has 3 heterocycles. The Morgan fingerprint density at radius 3 is 1.81 bits per heavy atom. The fraction of sp³-hybridized carbons (Fsp3) is 0. The monoisotopic (exact) mass is 664 g/mol. The average Bonchev–Trinajstić information content (AvgIpc) is 3.77. The zero-order chi connectivity index (χ0) is 34.2. The van der Waals surface area contributed by atoms with Crippen LogP contribution in [0.3, 0.4) is 0 Å². The number of hydrogen-bond donors (Lipinski definition) is 0. The summed E-state index contributed by atoms with van der Waals surface area (Å²) in [4.78, 5) is 15.4. The summed E-state index contributed by atoms with van der Waals surface area (Å²) in [5, 5.41) is 8.87. The van der Waals surface area contributed by atoms with Crippen LogP contribution in [0.2, 0.25) is 0 Å². The molecule has 0 aliphatic rings. The van der Waals surface area contributed by atoms with Crippen molar-refractivity contribution >= 4 is 65.3 Å². The van der Waals surface area contributed by atoms with Crippen LogP contribution in [0.5, 0.6) is 0 Å². The molecule has 0 aliphatic heterocycles. The molecule has 11 aromatic rings. The summed E-state index contributed by atoms with van der Waals surface area (Å²) in [6.07, 6.45) is 0. The number of nitrogens with zero attached hydrogens (tertiary/aromatic N) is 4. The van der Waals surface area contributed by atoms with E-state index in [2.05, 4.69) is 102 Å². The molecule has 0 amide bonds. The van der Waals surface area contributed by atoms with Crippen molar-refractivity contribution in [3.05, 3.63) is 170 Å². The van der Waals surface area contributed by atoms with Crippen LogP contribution < -0.4 is 0 Å². The summed E-state index contributed by atoms with van der Waals surface area (Å²) >= 11 is 0. The standard InChI is InChI=1S/C47H28N4O/c1-3-15-30(16-4-1)45-48-46(31-17-5-2-6-18-31)50-47(49-45)38-28-37-34-21-10-12-25-41(34)52-44(37)42-35(38)22-13-24-40(42)51-39-23-11-9-20-33(39)36-27-26-29-14-7-8-19-32(29)43(36)51/h1-28H. The molecule has 11 rings (SSSR count). The summed E-state index contributed by atoms with van der Waals surface area (Å²) in [6.45, 7) is 0. The molecule has 5 heteroatoms. The van der Waals surface area contributed by atoms with E-state index in [0.29, 0.717) is 17.5 Å². The van der Waals surface area contributed by atoms with Gasteiger partial charge in [0.2, 0.25) is 0 Å². The van der Waals surface area contributed by atoms with Gasteiger partial charge in [-0.1, -0.05) is 146 Å². The molecule has 0 saturated carbocycles. The Kier molecular flexibility index (Phi) is 6.18. The molecule has 0 bridgehead atoms. The van der Waals surface area contributed by atoms with Crippen molar-refractivity contribution < 1.29 is 4.42 Å². The van der Waals surface area contributed by atoms with Crippen LogP contribution in [0.1, 0.15) is 0 Å². The van der Waals surface area contributed by atoms with Crippen LogP contribution in [0, 0.1) is 0 Å².